The summed E-state index contributed by atoms with van der Waals surface area (Å²) in [6.07, 6.45) is 3.54. The summed E-state index contributed by atoms with van der Waals surface area (Å²) in [5.41, 5.74) is 10.1. The van der Waals surface area contributed by atoms with E-state index in [0.29, 0.717) is 43.1 Å². The maximum Gasteiger partial charge on any atom is 0.292 e. The lowest BCUT2D eigenvalue weighted by Gasteiger charge is -2.26. The van der Waals surface area contributed by atoms with Gasteiger partial charge in [0, 0.05) is 19.3 Å². The summed E-state index contributed by atoms with van der Waals surface area (Å²) in [6, 6.07) is 9.70. The van der Waals surface area contributed by atoms with E-state index in [4.69, 9.17) is 14.9 Å². The van der Waals surface area contributed by atoms with E-state index in [-0.39, 0.29) is 11.9 Å². The molecule has 136 valence electrons. The number of pyridine rings is 1. The van der Waals surface area contributed by atoms with Crippen molar-refractivity contribution in [3.63, 3.8) is 0 Å². The van der Waals surface area contributed by atoms with Gasteiger partial charge in [-0.05, 0) is 35.4 Å². The zero-order chi connectivity index (χ0) is 18.4. The minimum Gasteiger partial charge on any atom is -0.424 e. The standard InChI is InChI=1S/C19H17N5O3/c20-19-22-14-3-1-12(9-16(14)27-19)13-2-4-17-21-10-15(24(17)11-13)18(25)23-5-7-26-8-6-23/h1-4,9-11H,5-8H2,(H2,20,22). The maximum atomic E-state index is 12.9. The van der Waals surface area contributed by atoms with Gasteiger partial charge < -0.3 is 19.8 Å². The van der Waals surface area contributed by atoms with Gasteiger partial charge in [0.2, 0.25) is 0 Å². The van der Waals surface area contributed by atoms with Gasteiger partial charge in [0.25, 0.3) is 11.9 Å². The summed E-state index contributed by atoms with van der Waals surface area (Å²) < 4.78 is 12.6. The van der Waals surface area contributed by atoms with Crippen LogP contribution in [0.1, 0.15) is 10.5 Å². The van der Waals surface area contributed by atoms with Crippen LogP contribution in [0.15, 0.2) is 47.1 Å². The predicted molar refractivity (Wildman–Crippen MR) is 99.3 cm³/mol. The largest absolute Gasteiger partial charge is 0.424 e. The van der Waals surface area contributed by atoms with Gasteiger partial charge in [0.15, 0.2) is 5.58 Å². The number of rotatable bonds is 2. The van der Waals surface area contributed by atoms with Gasteiger partial charge >= 0.3 is 0 Å². The Morgan fingerprint density at radius 2 is 1.93 bits per heavy atom. The van der Waals surface area contributed by atoms with E-state index < -0.39 is 0 Å². The molecule has 0 unspecified atom stereocenters. The number of ether oxygens (including phenoxy) is 1. The molecule has 8 heteroatoms. The molecule has 4 heterocycles. The van der Waals surface area contributed by atoms with Crippen LogP contribution in [-0.2, 0) is 4.74 Å². The summed E-state index contributed by atoms with van der Waals surface area (Å²) in [5.74, 6) is -0.0404. The molecule has 4 aromatic rings. The second-order valence-corrected chi connectivity index (χ2v) is 6.43. The number of hydrogen-bond acceptors (Lipinski definition) is 6. The van der Waals surface area contributed by atoms with Gasteiger partial charge in [-0.2, -0.15) is 4.98 Å². The third-order valence-corrected chi connectivity index (χ3v) is 4.76. The first-order chi connectivity index (χ1) is 13.2. The fraction of sp³-hybridized carbons (Fsp3) is 0.211. The van der Waals surface area contributed by atoms with Crippen LogP contribution < -0.4 is 5.73 Å². The Morgan fingerprint density at radius 1 is 1.11 bits per heavy atom. The Bertz CT molecular complexity index is 1160. The molecule has 0 aliphatic carbocycles. The monoisotopic (exact) mass is 363 g/mol. The van der Waals surface area contributed by atoms with E-state index in [1.54, 1.807) is 11.1 Å². The number of anilines is 1. The number of benzene rings is 1. The number of carbonyl (C=O) groups is 1. The summed E-state index contributed by atoms with van der Waals surface area (Å²) in [4.78, 5) is 23.1. The van der Waals surface area contributed by atoms with Crippen molar-refractivity contribution in [2.75, 3.05) is 32.0 Å². The van der Waals surface area contributed by atoms with Crippen LogP contribution in [0.4, 0.5) is 6.01 Å². The first kappa shape index (κ1) is 15.8. The topological polar surface area (TPSA) is 98.9 Å². The van der Waals surface area contributed by atoms with Crippen LogP contribution in [-0.4, -0.2) is 51.5 Å². The molecule has 3 aromatic heterocycles. The molecule has 0 saturated carbocycles. The predicted octanol–water partition coefficient (Wildman–Crippen LogP) is 2.20. The Labute approximate surface area is 154 Å². The second-order valence-electron chi connectivity index (χ2n) is 6.43. The molecule has 2 N–H and O–H groups in total. The lowest BCUT2D eigenvalue weighted by atomic mass is 10.1. The van der Waals surface area contributed by atoms with Gasteiger partial charge in [0.05, 0.1) is 19.4 Å². The van der Waals surface area contributed by atoms with E-state index >= 15 is 0 Å². The van der Waals surface area contributed by atoms with Crippen LogP contribution in [0.25, 0.3) is 27.9 Å². The molecule has 0 spiro atoms. The number of fused-ring (bicyclic) bond motifs is 2. The lowest BCUT2D eigenvalue weighted by Crippen LogP contribution is -2.41. The van der Waals surface area contributed by atoms with E-state index in [2.05, 4.69) is 9.97 Å². The molecule has 1 amide bonds. The zero-order valence-corrected chi connectivity index (χ0v) is 14.5. The van der Waals surface area contributed by atoms with Crippen molar-refractivity contribution in [1.29, 1.82) is 0 Å². The SMILES string of the molecule is Nc1nc2ccc(-c3ccc4ncc(C(=O)N5CCOCC5)n4c3)cc2o1. The van der Waals surface area contributed by atoms with Gasteiger partial charge in [-0.15, -0.1) is 0 Å². The molecule has 0 bridgehead atoms. The number of nitrogen functional groups attached to an aromatic ring is 1. The minimum absolute atomic E-state index is 0.0404. The molecule has 1 fully saturated rings. The van der Waals surface area contributed by atoms with Gasteiger partial charge in [0.1, 0.15) is 16.9 Å². The molecule has 5 rings (SSSR count). The Hall–Kier alpha value is -3.39. The molecule has 1 saturated heterocycles. The van der Waals surface area contributed by atoms with Crippen molar-refractivity contribution in [1.82, 2.24) is 19.3 Å². The Balaban J connectivity index is 1.56. The number of nitrogens with zero attached hydrogens (tertiary/aromatic N) is 4. The van der Waals surface area contributed by atoms with Crippen molar-refractivity contribution in [2.45, 2.75) is 0 Å². The van der Waals surface area contributed by atoms with E-state index in [1.807, 2.05) is 40.9 Å². The van der Waals surface area contributed by atoms with Crippen LogP contribution in [0.5, 0.6) is 0 Å². The summed E-state index contributed by atoms with van der Waals surface area (Å²) in [6.45, 7) is 2.31. The quantitative estimate of drug-likeness (QED) is 0.586. The zero-order valence-electron chi connectivity index (χ0n) is 14.5. The van der Waals surface area contributed by atoms with E-state index in [0.717, 1.165) is 16.8 Å². The third-order valence-electron chi connectivity index (χ3n) is 4.76. The Kier molecular flexibility index (Phi) is 3.58. The van der Waals surface area contributed by atoms with Crippen LogP contribution in [0.2, 0.25) is 0 Å². The summed E-state index contributed by atoms with van der Waals surface area (Å²) in [7, 11) is 0. The molecule has 1 aromatic carbocycles. The number of amides is 1. The van der Waals surface area contributed by atoms with Crippen molar-refractivity contribution in [3.8, 4) is 11.1 Å². The fourth-order valence-electron chi connectivity index (χ4n) is 3.36. The number of aromatic nitrogens is 3. The molecule has 0 atom stereocenters. The lowest BCUT2D eigenvalue weighted by molar-refractivity contribution is 0.0298. The number of imidazole rings is 1. The van der Waals surface area contributed by atoms with Gasteiger partial charge in [-0.3, -0.25) is 9.20 Å². The molecule has 0 radical (unpaired) electrons. The fourth-order valence-corrected chi connectivity index (χ4v) is 3.36. The highest BCUT2D eigenvalue weighted by Gasteiger charge is 2.21. The maximum absolute atomic E-state index is 12.9. The number of oxazole rings is 1. The van der Waals surface area contributed by atoms with E-state index in [9.17, 15) is 4.79 Å². The third kappa shape index (κ3) is 2.70. The number of nitrogens with two attached hydrogens (primary N) is 1. The van der Waals surface area contributed by atoms with Gasteiger partial charge in [-0.1, -0.05) is 6.07 Å². The number of morpholine rings is 1. The summed E-state index contributed by atoms with van der Waals surface area (Å²) in [5, 5.41) is 0. The highest BCUT2D eigenvalue weighted by Crippen LogP contribution is 2.26. The molecular formula is C19H17N5O3. The number of carbonyl (C=O) groups excluding carboxylic acids is 1. The van der Waals surface area contributed by atoms with E-state index in [1.165, 1.54) is 0 Å². The van der Waals surface area contributed by atoms with Gasteiger partial charge in [-0.25, -0.2) is 4.98 Å². The summed E-state index contributed by atoms with van der Waals surface area (Å²) >= 11 is 0. The van der Waals surface area contributed by atoms with Crippen LogP contribution >= 0.6 is 0 Å². The van der Waals surface area contributed by atoms with Crippen LogP contribution in [0, 0.1) is 0 Å². The molecular weight excluding hydrogens is 346 g/mol. The first-order valence-electron chi connectivity index (χ1n) is 8.69. The van der Waals surface area contributed by atoms with Crippen molar-refractivity contribution < 1.29 is 13.9 Å². The smallest absolute Gasteiger partial charge is 0.292 e. The average Bonchev–Trinajstić information content (AvgIpc) is 3.29. The normalized spacial score (nSPS) is 14.9. The molecule has 1 aliphatic heterocycles. The highest BCUT2D eigenvalue weighted by molar-refractivity contribution is 5.93. The van der Waals surface area contributed by atoms with Crippen molar-refractivity contribution in [3.05, 3.63) is 48.4 Å². The second kappa shape index (κ2) is 6.10. The first-order valence-corrected chi connectivity index (χ1v) is 8.69. The number of hydrogen-bond donors (Lipinski definition) is 1. The molecule has 8 nitrogen and oxygen atoms in total. The van der Waals surface area contributed by atoms with Crippen molar-refractivity contribution in [2.24, 2.45) is 0 Å². The average molecular weight is 363 g/mol. The highest BCUT2D eigenvalue weighted by atomic mass is 16.5. The molecule has 1 aliphatic rings. The van der Waals surface area contributed by atoms with Crippen LogP contribution in [0.3, 0.4) is 0 Å². The van der Waals surface area contributed by atoms with Crippen molar-refractivity contribution >= 4 is 28.7 Å². The Morgan fingerprint density at radius 3 is 2.78 bits per heavy atom. The molecule has 27 heavy (non-hydrogen) atoms. The minimum atomic E-state index is -0.0404.